The van der Waals surface area contributed by atoms with Gasteiger partial charge >= 0.3 is 0 Å². The molecule has 4 nitrogen and oxygen atoms in total. The fourth-order valence-corrected chi connectivity index (χ4v) is 4.11. The van der Waals surface area contributed by atoms with Gasteiger partial charge in [0.1, 0.15) is 0 Å². The molecule has 2 atom stereocenters. The number of hydrogen-bond acceptors (Lipinski definition) is 3. The van der Waals surface area contributed by atoms with Crippen LogP contribution in [0.2, 0.25) is 0 Å². The van der Waals surface area contributed by atoms with Gasteiger partial charge in [-0.25, -0.2) is 13.1 Å². The SMILES string of the molecule is CS(=O)(=O)N[C@H]1CCCC[C@@H]1N.Cc1c(C)c(C)c(C)c(C)c1C.[Ru]. The average Bonchev–Trinajstić information content (AvgIpc) is 2.51. The standard InChI is InChI=1S/C12H18.C7H16N2O2S.Ru/c1-7-8(2)10(4)12(6)11(5)9(7)3;1-12(10,11)9-7-5-3-2-4-6(7)8;/h1-6H3;6-7,9H,2-5,8H2,1H3;/t;6-,7-;/m.0./s1. The predicted molar refractivity (Wildman–Crippen MR) is 103 cm³/mol. The molecule has 25 heavy (non-hydrogen) atoms. The van der Waals surface area contributed by atoms with Gasteiger partial charge in [0.05, 0.1) is 6.26 Å². The molecule has 1 aromatic carbocycles. The Bertz CT molecular complexity index is 582. The van der Waals surface area contributed by atoms with Crippen LogP contribution in [0.4, 0.5) is 0 Å². The van der Waals surface area contributed by atoms with Gasteiger partial charge in [0, 0.05) is 31.6 Å². The molecule has 1 aliphatic carbocycles. The molecule has 1 fully saturated rings. The van der Waals surface area contributed by atoms with E-state index in [0.29, 0.717) is 0 Å². The van der Waals surface area contributed by atoms with Gasteiger partial charge < -0.3 is 5.73 Å². The summed E-state index contributed by atoms with van der Waals surface area (Å²) in [5.74, 6) is 0. The normalized spacial score (nSPS) is 20.3. The average molecular weight is 456 g/mol. The topological polar surface area (TPSA) is 72.2 Å². The van der Waals surface area contributed by atoms with E-state index in [4.69, 9.17) is 5.73 Å². The second-order valence-electron chi connectivity index (χ2n) is 7.19. The Labute approximate surface area is 167 Å². The van der Waals surface area contributed by atoms with Gasteiger partial charge in [0.2, 0.25) is 10.0 Å². The minimum atomic E-state index is -3.09. The Kier molecular flexibility index (Phi) is 10.0. The van der Waals surface area contributed by atoms with E-state index in [-0.39, 0.29) is 31.6 Å². The Morgan fingerprint density at radius 1 is 0.800 bits per heavy atom. The van der Waals surface area contributed by atoms with Crippen LogP contribution < -0.4 is 10.5 Å². The number of benzene rings is 1. The van der Waals surface area contributed by atoms with Gasteiger partial charge in [-0.05, 0) is 87.8 Å². The van der Waals surface area contributed by atoms with Crippen molar-refractivity contribution in [1.82, 2.24) is 4.72 Å². The van der Waals surface area contributed by atoms with Gasteiger partial charge in [0.25, 0.3) is 0 Å². The molecular weight excluding hydrogens is 421 g/mol. The van der Waals surface area contributed by atoms with E-state index < -0.39 is 10.0 Å². The predicted octanol–water partition coefficient (Wildman–Crippen LogP) is 3.34. The van der Waals surface area contributed by atoms with Crippen LogP contribution in [-0.2, 0) is 29.5 Å². The first-order valence-corrected chi connectivity index (χ1v) is 10.6. The molecule has 0 unspecified atom stereocenters. The zero-order chi connectivity index (χ0) is 18.7. The molecule has 0 aromatic heterocycles. The molecule has 1 saturated carbocycles. The van der Waals surface area contributed by atoms with Gasteiger partial charge in [-0.1, -0.05) is 12.8 Å². The first-order chi connectivity index (χ1) is 11.0. The third-order valence-electron chi connectivity index (χ3n) is 5.56. The number of nitrogens with one attached hydrogen (secondary N) is 1. The smallest absolute Gasteiger partial charge is 0.209 e. The van der Waals surface area contributed by atoms with Crippen LogP contribution in [-0.4, -0.2) is 26.8 Å². The Morgan fingerprint density at radius 3 is 1.40 bits per heavy atom. The molecule has 0 aliphatic heterocycles. The van der Waals surface area contributed by atoms with E-state index in [2.05, 4.69) is 46.3 Å². The van der Waals surface area contributed by atoms with Crippen LogP contribution in [0.3, 0.4) is 0 Å². The maximum absolute atomic E-state index is 10.9. The summed E-state index contributed by atoms with van der Waals surface area (Å²) in [6, 6.07) is -0.0535. The van der Waals surface area contributed by atoms with Crippen LogP contribution in [0, 0.1) is 41.5 Å². The number of rotatable bonds is 2. The van der Waals surface area contributed by atoms with Crippen LogP contribution in [0.25, 0.3) is 0 Å². The third-order valence-corrected chi connectivity index (χ3v) is 6.29. The Morgan fingerprint density at radius 2 is 1.12 bits per heavy atom. The summed E-state index contributed by atoms with van der Waals surface area (Å²) in [5, 5.41) is 0. The summed E-state index contributed by atoms with van der Waals surface area (Å²) in [7, 11) is -3.09. The fourth-order valence-electron chi connectivity index (χ4n) is 3.27. The molecular formula is C19H34N2O2RuS. The summed E-state index contributed by atoms with van der Waals surface area (Å²) < 4.78 is 24.3. The van der Waals surface area contributed by atoms with E-state index in [1.54, 1.807) is 0 Å². The van der Waals surface area contributed by atoms with E-state index >= 15 is 0 Å². The molecule has 0 amide bonds. The molecule has 1 aromatic rings. The van der Waals surface area contributed by atoms with Crippen molar-refractivity contribution in [3.05, 3.63) is 33.4 Å². The van der Waals surface area contributed by atoms with Gasteiger partial charge in [-0.3, -0.25) is 0 Å². The van der Waals surface area contributed by atoms with E-state index in [9.17, 15) is 8.42 Å². The van der Waals surface area contributed by atoms with Crippen LogP contribution in [0.1, 0.15) is 59.1 Å². The summed E-state index contributed by atoms with van der Waals surface area (Å²) >= 11 is 0. The van der Waals surface area contributed by atoms with Crippen molar-refractivity contribution >= 4 is 10.0 Å². The van der Waals surface area contributed by atoms with Crippen LogP contribution in [0.15, 0.2) is 0 Å². The van der Waals surface area contributed by atoms with Crippen molar-refractivity contribution in [2.75, 3.05) is 6.26 Å². The number of hydrogen-bond donors (Lipinski definition) is 2. The largest absolute Gasteiger partial charge is 0.326 e. The summed E-state index contributed by atoms with van der Waals surface area (Å²) in [6.07, 6.45) is 5.15. The van der Waals surface area contributed by atoms with Crippen molar-refractivity contribution in [2.24, 2.45) is 5.73 Å². The zero-order valence-corrected chi connectivity index (χ0v) is 19.2. The van der Waals surface area contributed by atoms with Crippen LogP contribution >= 0.6 is 0 Å². The maximum Gasteiger partial charge on any atom is 0.209 e. The number of sulfonamides is 1. The van der Waals surface area contributed by atoms with Crippen molar-refractivity contribution in [3.63, 3.8) is 0 Å². The summed E-state index contributed by atoms with van der Waals surface area (Å²) in [5.41, 5.74) is 14.5. The molecule has 0 heterocycles. The van der Waals surface area contributed by atoms with Gasteiger partial charge in [-0.2, -0.15) is 0 Å². The van der Waals surface area contributed by atoms with Crippen molar-refractivity contribution in [3.8, 4) is 0 Å². The first kappa shape index (κ1) is 24.7. The van der Waals surface area contributed by atoms with E-state index in [1.165, 1.54) is 39.6 Å². The third kappa shape index (κ3) is 7.09. The first-order valence-electron chi connectivity index (χ1n) is 8.72. The summed E-state index contributed by atoms with van der Waals surface area (Å²) in [6.45, 7) is 13.3. The van der Waals surface area contributed by atoms with Gasteiger partial charge in [0.15, 0.2) is 0 Å². The molecule has 0 radical (unpaired) electrons. The van der Waals surface area contributed by atoms with E-state index in [0.717, 1.165) is 25.7 Å². The Balaban J connectivity index is 0.000000443. The summed E-state index contributed by atoms with van der Waals surface area (Å²) in [4.78, 5) is 0. The molecule has 2 rings (SSSR count). The molecule has 0 spiro atoms. The zero-order valence-electron chi connectivity index (χ0n) is 16.6. The molecule has 1 aliphatic rings. The molecule has 6 heteroatoms. The second-order valence-corrected chi connectivity index (χ2v) is 8.97. The molecule has 0 saturated heterocycles. The van der Waals surface area contributed by atoms with Crippen LogP contribution in [0.5, 0.6) is 0 Å². The van der Waals surface area contributed by atoms with Gasteiger partial charge in [-0.15, -0.1) is 0 Å². The molecule has 0 bridgehead atoms. The maximum atomic E-state index is 10.9. The molecule has 146 valence electrons. The second kappa shape index (κ2) is 10.2. The Hall–Kier alpha value is -0.287. The number of nitrogens with two attached hydrogens (primary N) is 1. The minimum absolute atomic E-state index is 0. The van der Waals surface area contributed by atoms with Crippen molar-refractivity contribution < 1.29 is 27.9 Å². The molecule has 3 N–H and O–H groups in total. The van der Waals surface area contributed by atoms with E-state index in [1.807, 2.05) is 0 Å². The minimum Gasteiger partial charge on any atom is -0.326 e. The fraction of sp³-hybridized carbons (Fsp3) is 0.684. The monoisotopic (exact) mass is 456 g/mol. The van der Waals surface area contributed by atoms with Crippen molar-refractivity contribution in [2.45, 2.75) is 79.3 Å². The van der Waals surface area contributed by atoms with Crippen molar-refractivity contribution in [1.29, 1.82) is 0 Å². The quantitative estimate of drug-likeness (QED) is 0.672.